The molecule has 6 nitrogen and oxygen atoms in total. The lowest BCUT2D eigenvalue weighted by Crippen LogP contribution is -2.49. The van der Waals surface area contributed by atoms with Crippen molar-refractivity contribution in [2.24, 2.45) is 0 Å². The smallest absolute Gasteiger partial charge is 0.345 e. The van der Waals surface area contributed by atoms with Gasteiger partial charge in [0.1, 0.15) is 5.76 Å². The molecular formula is C24H24N4O2. The van der Waals surface area contributed by atoms with E-state index in [1.165, 1.54) is 5.69 Å². The van der Waals surface area contributed by atoms with Crippen molar-refractivity contribution in [3.63, 3.8) is 0 Å². The van der Waals surface area contributed by atoms with Gasteiger partial charge in [0.2, 0.25) is 0 Å². The Morgan fingerprint density at radius 2 is 1.87 bits per heavy atom. The number of aromatic nitrogens is 1. The normalized spacial score (nSPS) is 22.3. The summed E-state index contributed by atoms with van der Waals surface area (Å²) in [5.41, 5.74) is 2.33. The van der Waals surface area contributed by atoms with Crippen LogP contribution in [0.1, 0.15) is 36.5 Å². The molecule has 6 heteroatoms. The maximum atomic E-state index is 12.3. The highest BCUT2D eigenvalue weighted by Gasteiger charge is 2.33. The summed E-state index contributed by atoms with van der Waals surface area (Å²) in [5, 5.41) is 9.52. The Bertz CT molecular complexity index is 1140. The summed E-state index contributed by atoms with van der Waals surface area (Å²) in [7, 11) is 0. The van der Waals surface area contributed by atoms with Gasteiger partial charge in [0.15, 0.2) is 0 Å². The molecule has 5 rings (SSSR count). The Morgan fingerprint density at radius 3 is 2.63 bits per heavy atom. The van der Waals surface area contributed by atoms with Gasteiger partial charge in [-0.1, -0.05) is 0 Å². The van der Waals surface area contributed by atoms with Crippen LogP contribution in [0.15, 0.2) is 57.9 Å². The molecule has 2 aliphatic rings. The highest BCUT2D eigenvalue weighted by molar-refractivity contribution is 5.76. The fraction of sp³-hybridized carbons (Fsp3) is 0.375. The van der Waals surface area contributed by atoms with Crippen LogP contribution in [0.4, 0.5) is 5.69 Å². The Kier molecular flexibility index (Phi) is 4.97. The average Bonchev–Trinajstić information content (AvgIpc) is 3.30. The zero-order valence-corrected chi connectivity index (χ0v) is 16.8. The number of hydrogen-bond donors (Lipinski definition) is 0. The van der Waals surface area contributed by atoms with Gasteiger partial charge in [-0.05, 0) is 55.7 Å². The first-order chi connectivity index (χ1) is 14.7. The Labute approximate surface area is 175 Å². The molecule has 152 valence electrons. The molecule has 0 amide bonds. The molecule has 2 atom stereocenters. The van der Waals surface area contributed by atoms with Gasteiger partial charge in [0.05, 0.1) is 22.5 Å². The number of anilines is 1. The first-order valence-electron chi connectivity index (χ1n) is 10.6. The van der Waals surface area contributed by atoms with Gasteiger partial charge >= 0.3 is 5.63 Å². The fourth-order valence-corrected chi connectivity index (χ4v) is 4.87. The Morgan fingerprint density at radius 1 is 1.07 bits per heavy atom. The third-order valence-electron chi connectivity index (χ3n) is 6.55. The lowest BCUT2D eigenvalue weighted by molar-refractivity contribution is 0.185. The van der Waals surface area contributed by atoms with Crippen LogP contribution in [0.25, 0.3) is 10.9 Å². The van der Waals surface area contributed by atoms with Gasteiger partial charge in [0, 0.05) is 56.1 Å². The molecule has 1 aliphatic heterocycles. The molecular weight excluding hydrogens is 376 g/mol. The summed E-state index contributed by atoms with van der Waals surface area (Å²) in [6.45, 7) is 4.03. The molecule has 1 aliphatic carbocycles. The number of fused-ring (bicyclic) bond motifs is 1. The van der Waals surface area contributed by atoms with Crippen LogP contribution in [0.3, 0.4) is 0 Å². The summed E-state index contributed by atoms with van der Waals surface area (Å²) in [5.74, 6) is 1.07. The molecule has 3 aromatic rings. The minimum absolute atomic E-state index is 0.282. The largest absolute Gasteiger partial charge is 0.427 e. The standard InChI is InChI=1S/C24H24N4O2/c25-16-17-3-6-19(7-4-17)27-10-12-28(13-11-27)20-8-5-18(14-20)23-15-22-21(24(29)30-23)2-1-9-26-22/h1-4,6-7,9,15,18,20H,5,8,10-14H2/t18-,20-/m1/s1. The molecule has 1 aromatic carbocycles. The van der Waals surface area contributed by atoms with E-state index in [9.17, 15) is 4.79 Å². The summed E-state index contributed by atoms with van der Waals surface area (Å²) in [6, 6.07) is 16.0. The van der Waals surface area contributed by atoms with E-state index in [4.69, 9.17) is 9.68 Å². The van der Waals surface area contributed by atoms with Crippen molar-refractivity contribution in [2.45, 2.75) is 31.2 Å². The second-order valence-corrected chi connectivity index (χ2v) is 8.22. The molecule has 1 saturated heterocycles. The van der Waals surface area contributed by atoms with Crippen molar-refractivity contribution in [3.8, 4) is 6.07 Å². The third-order valence-corrected chi connectivity index (χ3v) is 6.55. The second-order valence-electron chi connectivity index (χ2n) is 8.22. The number of piperazine rings is 1. The highest BCUT2D eigenvalue weighted by Crippen LogP contribution is 2.37. The molecule has 2 fully saturated rings. The minimum atomic E-state index is -0.282. The van der Waals surface area contributed by atoms with Crippen LogP contribution in [-0.4, -0.2) is 42.1 Å². The van der Waals surface area contributed by atoms with Crippen LogP contribution >= 0.6 is 0 Å². The number of hydrogen-bond acceptors (Lipinski definition) is 6. The molecule has 2 aromatic heterocycles. The molecule has 0 unspecified atom stereocenters. The Hall–Kier alpha value is -3.17. The molecule has 3 heterocycles. The average molecular weight is 400 g/mol. The van der Waals surface area contributed by atoms with E-state index >= 15 is 0 Å². The van der Waals surface area contributed by atoms with Gasteiger partial charge in [-0.2, -0.15) is 5.26 Å². The molecule has 1 saturated carbocycles. The van der Waals surface area contributed by atoms with Crippen molar-refractivity contribution in [1.82, 2.24) is 9.88 Å². The maximum absolute atomic E-state index is 12.3. The third kappa shape index (κ3) is 3.57. The lowest BCUT2D eigenvalue weighted by Gasteiger charge is -2.39. The number of pyridine rings is 1. The predicted molar refractivity (Wildman–Crippen MR) is 116 cm³/mol. The zero-order valence-electron chi connectivity index (χ0n) is 16.8. The van der Waals surface area contributed by atoms with Crippen LogP contribution in [0, 0.1) is 11.3 Å². The molecule has 0 spiro atoms. The summed E-state index contributed by atoms with van der Waals surface area (Å²) < 4.78 is 5.66. The van der Waals surface area contributed by atoms with Crippen LogP contribution < -0.4 is 10.5 Å². The first kappa shape index (κ1) is 18.8. The topological polar surface area (TPSA) is 73.4 Å². The van der Waals surface area contributed by atoms with Crippen LogP contribution in [0.5, 0.6) is 0 Å². The fourth-order valence-electron chi connectivity index (χ4n) is 4.87. The van der Waals surface area contributed by atoms with E-state index < -0.39 is 0 Å². The zero-order chi connectivity index (χ0) is 20.5. The number of benzene rings is 1. The second kappa shape index (κ2) is 7.92. The quantitative estimate of drug-likeness (QED) is 0.670. The van der Waals surface area contributed by atoms with Crippen molar-refractivity contribution in [2.75, 3.05) is 31.1 Å². The van der Waals surface area contributed by atoms with Crippen molar-refractivity contribution >= 4 is 16.6 Å². The van der Waals surface area contributed by atoms with Gasteiger partial charge in [-0.25, -0.2) is 4.79 Å². The Balaban J connectivity index is 1.23. The van der Waals surface area contributed by atoms with Gasteiger partial charge < -0.3 is 9.32 Å². The molecule has 30 heavy (non-hydrogen) atoms. The van der Waals surface area contributed by atoms with E-state index in [0.29, 0.717) is 17.0 Å². The molecule has 0 radical (unpaired) electrons. The summed E-state index contributed by atoms with van der Waals surface area (Å²) in [4.78, 5) is 21.6. The molecule has 0 N–H and O–H groups in total. The monoisotopic (exact) mass is 400 g/mol. The van der Waals surface area contributed by atoms with E-state index in [-0.39, 0.29) is 11.5 Å². The van der Waals surface area contributed by atoms with Crippen molar-refractivity contribution < 1.29 is 4.42 Å². The van der Waals surface area contributed by atoms with E-state index in [1.54, 1.807) is 18.3 Å². The van der Waals surface area contributed by atoms with E-state index in [1.807, 2.05) is 30.3 Å². The van der Waals surface area contributed by atoms with Crippen molar-refractivity contribution in [1.29, 1.82) is 5.26 Å². The summed E-state index contributed by atoms with van der Waals surface area (Å²) >= 11 is 0. The number of nitriles is 1. The predicted octanol–water partition coefficient (Wildman–Crippen LogP) is 3.52. The van der Waals surface area contributed by atoms with Crippen LogP contribution in [0.2, 0.25) is 0 Å². The van der Waals surface area contributed by atoms with Gasteiger partial charge in [0.25, 0.3) is 0 Å². The van der Waals surface area contributed by atoms with Crippen LogP contribution in [-0.2, 0) is 0 Å². The SMILES string of the molecule is N#Cc1ccc(N2CCN([C@@H]3CC[C@@H](c4cc5ncccc5c(=O)o4)C3)CC2)cc1. The maximum Gasteiger partial charge on any atom is 0.345 e. The van der Waals surface area contributed by atoms with Gasteiger partial charge in [-0.15, -0.1) is 0 Å². The summed E-state index contributed by atoms with van der Waals surface area (Å²) in [6.07, 6.45) is 4.92. The van der Waals surface area contributed by atoms with E-state index in [0.717, 1.165) is 56.7 Å². The minimum Gasteiger partial charge on any atom is -0.427 e. The lowest BCUT2D eigenvalue weighted by atomic mass is 10.0. The first-order valence-corrected chi connectivity index (χ1v) is 10.6. The molecule has 0 bridgehead atoms. The number of nitrogens with zero attached hydrogens (tertiary/aromatic N) is 4. The highest BCUT2D eigenvalue weighted by atomic mass is 16.4. The van der Waals surface area contributed by atoms with Crippen molar-refractivity contribution in [3.05, 3.63) is 70.4 Å². The number of rotatable bonds is 3. The van der Waals surface area contributed by atoms with E-state index in [2.05, 4.69) is 20.9 Å². The van der Waals surface area contributed by atoms with Gasteiger partial charge in [-0.3, -0.25) is 9.88 Å².